The second kappa shape index (κ2) is 8.19. The zero-order chi connectivity index (χ0) is 20.2. The van der Waals surface area contributed by atoms with E-state index in [0.717, 1.165) is 19.6 Å². The summed E-state index contributed by atoms with van der Waals surface area (Å²) in [5.74, 6) is 0. The smallest absolute Gasteiger partial charge is 0.156 e. The fraction of sp³-hybridized carbons (Fsp3) is 0. The summed E-state index contributed by atoms with van der Waals surface area (Å²) in [6.07, 6.45) is 0. The van der Waals surface area contributed by atoms with Crippen molar-refractivity contribution in [1.82, 2.24) is 0 Å². The highest BCUT2D eigenvalue weighted by molar-refractivity contribution is 8.28. The van der Waals surface area contributed by atoms with Gasteiger partial charge in [0.25, 0.3) is 0 Å². The number of benzene rings is 4. The molecule has 0 saturated carbocycles. The van der Waals surface area contributed by atoms with Gasteiger partial charge in [0, 0.05) is 9.79 Å². The fourth-order valence-electron chi connectivity index (χ4n) is 3.25. The molecule has 0 aromatic heterocycles. The van der Waals surface area contributed by atoms with Gasteiger partial charge in [-0.3, -0.25) is 4.78 Å². The quantitative estimate of drug-likeness (QED) is 0.265. The minimum absolute atomic E-state index is 0.946. The van der Waals surface area contributed by atoms with Gasteiger partial charge in [0.05, 0.1) is 9.82 Å². The maximum Gasteiger partial charge on any atom is 0.156 e. The first-order valence-electron chi connectivity index (χ1n) is 9.34. The Balaban J connectivity index is 2.08. The predicted octanol–water partition coefficient (Wildman–Crippen LogP) is 6.82. The van der Waals surface area contributed by atoms with Gasteiger partial charge in [0.1, 0.15) is 9.79 Å². The van der Waals surface area contributed by atoms with Gasteiger partial charge in [0.2, 0.25) is 0 Å². The number of hydrogen-bond acceptors (Lipinski definition) is 2. The van der Waals surface area contributed by atoms with Gasteiger partial charge in [-0.15, -0.1) is 4.78 Å². The Morgan fingerprint density at radius 2 is 0.828 bits per heavy atom. The molecule has 0 heterocycles. The van der Waals surface area contributed by atoms with Crippen LogP contribution in [0.2, 0.25) is 0 Å². The average molecular weight is 416 g/mol. The lowest BCUT2D eigenvalue weighted by atomic mass is 10.4. The number of rotatable bonds is 5. The molecule has 0 atom stereocenters. The molecule has 4 rings (SSSR count). The molecule has 2 nitrogen and oxygen atoms in total. The average Bonchev–Trinajstić information content (AvgIpc) is 2.81. The summed E-state index contributed by atoms with van der Waals surface area (Å²) in [7, 11) is -4.55. The number of nitrogens with one attached hydrogen (secondary N) is 2. The maximum atomic E-state index is 9.69. The van der Waals surface area contributed by atoms with Gasteiger partial charge in [-0.05, 0) is 57.9 Å². The van der Waals surface area contributed by atoms with Crippen LogP contribution in [0.15, 0.2) is 141 Å². The third kappa shape index (κ3) is 3.82. The van der Waals surface area contributed by atoms with Crippen molar-refractivity contribution in [3.63, 3.8) is 0 Å². The predicted molar refractivity (Wildman–Crippen MR) is 125 cm³/mol. The zero-order valence-corrected chi connectivity index (χ0v) is 17.6. The lowest BCUT2D eigenvalue weighted by Crippen LogP contribution is -2.18. The van der Waals surface area contributed by atoms with Crippen molar-refractivity contribution in [2.75, 3.05) is 0 Å². The lowest BCUT2D eigenvalue weighted by molar-refractivity contribution is 1.34. The van der Waals surface area contributed by atoms with Crippen molar-refractivity contribution in [1.29, 1.82) is 9.56 Å². The largest absolute Gasteiger partial charge is 0.273 e. The van der Waals surface area contributed by atoms with Gasteiger partial charge in [-0.25, -0.2) is 0 Å². The molecule has 0 amide bonds. The van der Waals surface area contributed by atoms with Gasteiger partial charge in [-0.1, -0.05) is 72.8 Å². The highest BCUT2D eigenvalue weighted by Crippen LogP contribution is 2.32. The van der Waals surface area contributed by atoms with E-state index in [4.69, 9.17) is 0 Å². The van der Waals surface area contributed by atoms with Crippen LogP contribution in [0, 0.1) is 9.56 Å². The Morgan fingerprint density at radius 1 is 0.517 bits per heavy atom. The lowest BCUT2D eigenvalue weighted by Gasteiger charge is -2.19. The number of hydrogen-bond donors (Lipinski definition) is 2. The molecule has 0 bridgehead atoms. The van der Waals surface area contributed by atoms with E-state index in [1.807, 2.05) is 126 Å². The van der Waals surface area contributed by atoms with Crippen molar-refractivity contribution in [2.45, 2.75) is 19.6 Å². The van der Waals surface area contributed by atoms with Crippen molar-refractivity contribution in [2.24, 2.45) is 0 Å². The second-order valence-electron chi connectivity index (χ2n) is 6.67. The fourth-order valence-corrected chi connectivity index (χ4v) is 9.65. The van der Waals surface area contributed by atoms with E-state index in [1.165, 1.54) is 0 Å². The summed E-state index contributed by atoms with van der Waals surface area (Å²) in [6.45, 7) is 0. The van der Waals surface area contributed by atoms with Crippen LogP contribution < -0.4 is 0 Å². The normalized spacial score (nSPS) is 11.7. The SMILES string of the molecule is N=S(=C[S+](=N)(c1ccccc1)c1ccccc1)(c1ccccc1)c1ccccc1. The van der Waals surface area contributed by atoms with Gasteiger partial charge >= 0.3 is 0 Å². The third-order valence-electron chi connectivity index (χ3n) is 4.75. The minimum Gasteiger partial charge on any atom is -0.273 e. The Kier molecular flexibility index (Phi) is 5.47. The molecule has 0 radical (unpaired) electrons. The van der Waals surface area contributed by atoms with E-state index in [-0.39, 0.29) is 0 Å². The molecule has 29 heavy (non-hydrogen) atoms. The van der Waals surface area contributed by atoms with Crippen LogP contribution in [0.4, 0.5) is 0 Å². The summed E-state index contributed by atoms with van der Waals surface area (Å²) in [5.41, 5.74) is 0. The van der Waals surface area contributed by atoms with E-state index < -0.39 is 19.2 Å². The van der Waals surface area contributed by atoms with Crippen molar-refractivity contribution in [3.8, 4) is 0 Å². The van der Waals surface area contributed by atoms with Crippen molar-refractivity contribution >= 4 is 23.9 Å². The van der Waals surface area contributed by atoms with Crippen LogP contribution in [0.1, 0.15) is 0 Å². The summed E-state index contributed by atoms with van der Waals surface area (Å²) < 4.78 is 21.4. The topological polar surface area (TPSA) is 47.7 Å². The molecular formula is C25H23N2S2+. The summed E-state index contributed by atoms with van der Waals surface area (Å²) in [6, 6.07) is 39.9. The molecule has 0 fully saturated rings. The molecule has 4 heteroatoms. The molecule has 0 aliphatic rings. The Morgan fingerprint density at radius 3 is 1.17 bits per heavy atom. The highest BCUT2D eigenvalue weighted by atomic mass is 32.3. The molecule has 0 spiro atoms. The molecular weight excluding hydrogens is 392 g/mol. The van der Waals surface area contributed by atoms with E-state index in [9.17, 15) is 9.56 Å². The Labute approximate surface area is 174 Å². The van der Waals surface area contributed by atoms with E-state index >= 15 is 0 Å². The highest BCUT2D eigenvalue weighted by Gasteiger charge is 2.30. The van der Waals surface area contributed by atoms with Crippen LogP contribution in [0.3, 0.4) is 0 Å². The molecule has 0 aliphatic heterocycles. The summed E-state index contributed by atoms with van der Waals surface area (Å²) in [4.78, 5) is 3.79. The molecule has 0 unspecified atom stereocenters. The van der Waals surface area contributed by atoms with Crippen LogP contribution in [-0.2, 0) is 19.2 Å². The zero-order valence-electron chi connectivity index (χ0n) is 15.9. The first kappa shape index (κ1) is 19.4. The maximum absolute atomic E-state index is 9.69. The second-order valence-corrected chi connectivity index (χ2v) is 12.0. The van der Waals surface area contributed by atoms with Gasteiger partial charge in [-0.2, -0.15) is 0 Å². The molecule has 144 valence electrons. The standard InChI is InChI=1S/C25H23N2S2/c26-28(22-13-5-1-6-14-22,23-15-7-2-8-16-23)21-29(27,24-17-9-3-10-18-24)25-19-11-4-12-20-25/h1-21,26-27H/q+1. The van der Waals surface area contributed by atoms with E-state index in [1.54, 1.807) is 0 Å². The summed E-state index contributed by atoms with van der Waals surface area (Å²) in [5, 5.41) is 0. The van der Waals surface area contributed by atoms with E-state index in [2.05, 4.69) is 0 Å². The first-order chi connectivity index (χ1) is 14.1. The van der Waals surface area contributed by atoms with Crippen LogP contribution in [-0.4, -0.2) is 4.70 Å². The minimum atomic E-state index is -2.28. The van der Waals surface area contributed by atoms with Crippen molar-refractivity contribution < 1.29 is 0 Å². The molecule has 2 N–H and O–H groups in total. The van der Waals surface area contributed by atoms with Crippen molar-refractivity contribution in [3.05, 3.63) is 121 Å². The third-order valence-corrected chi connectivity index (χ3v) is 11.1. The first-order valence-corrected chi connectivity index (χ1v) is 12.7. The molecule has 4 aromatic carbocycles. The monoisotopic (exact) mass is 415 g/mol. The van der Waals surface area contributed by atoms with Crippen LogP contribution in [0.5, 0.6) is 0 Å². The molecule has 4 aromatic rings. The summed E-state index contributed by atoms with van der Waals surface area (Å²) >= 11 is 0. The molecule has 0 saturated heterocycles. The van der Waals surface area contributed by atoms with Crippen LogP contribution in [0.25, 0.3) is 0 Å². The Hall–Kier alpha value is -2.95. The van der Waals surface area contributed by atoms with E-state index in [0.29, 0.717) is 0 Å². The molecule has 0 aliphatic carbocycles. The van der Waals surface area contributed by atoms with Crippen LogP contribution >= 0.6 is 0 Å². The Bertz CT molecular complexity index is 1150. The van der Waals surface area contributed by atoms with Gasteiger partial charge in [0.15, 0.2) is 4.70 Å². The van der Waals surface area contributed by atoms with Gasteiger partial charge < -0.3 is 0 Å².